The summed E-state index contributed by atoms with van der Waals surface area (Å²) in [4.78, 5) is 48.4. The van der Waals surface area contributed by atoms with Crippen LogP contribution in [0, 0.1) is 0 Å². The quantitative estimate of drug-likeness (QED) is 0.219. The van der Waals surface area contributed by atoms with Crippen molar-refractivity contribution in [3.8, 4) is 0 Å². The second-order valence-corrected chi connectivity index (χ2v) is 8.30. The summed E-state index contributed by atoms with van der Waals surface area (Å²) in [5, 5.41) is 16.6. The second kappa shape index (κ2) is 13.9. The molecule has 0 aromatic heterocycles. The highest BCUT2D eigenvalue weighted by atomic mass is 32.2. The van der Waals surface area contributed by atoms with Crippen molar-refractivity contribution in [2.24, 2.45) is 5.73 Å². The minimum atomic E-state index is -1.14. The van der Waals surface area contributed by atoms with E-state index in [1.165, 1.54) is 18.7 Å². The number of rotatable bonds is 13. The topological polar surface area (TPSA) is 151 Å². The summed E-state index contributed by atoms with van der Waals surface area (Å²) in [6.07, 6.45) is 2.40. The molecule has 0 aliphatic carbocycles. The van der Waals surface area contributed by atoms with Gasteiger partial charge in [0.2, 0.25) is 17.7 Å². The normalized spacial score (nSPS) is 14.6. The van der Waals surface area contributed by atoms with Crippen LogP contribution in [0.3, 0.4) is 0 Å². The summed E-state index contributed by atoms with van der Waals surface area (Å²) in [5.41, 5.74) is 6.82. The zero-order valence-electron chi connectivity index (χ0n) is 17.5. The number of carbonyl (C=O) groups excluding carboxylic acids is 3. The van der Waals surface area contributed by atoms with E-state index in [0.29, 0.717) is 12.2 Å². The van der Waals surface area contributed by atoms with Gasteiger partial charge in [0.15, 0.2) is 0 Å². The lowest BCUT2D eigenvalue weighted by Crippen LogP contribution is -2.57. The van der Waals surface area contributed by atoms with Gasteiger partial charge in [-0.1, -0.05) is 30.3 Å². The van der Waals surface area contributed by atoms with E-state index in [9.17, 15) is 24.3 Å². The number of benzene rings is 1. The number of thioether (sulfide) groups is 1. The van der Waals surface area contributed by atoms with Crippen LogP contribution in [0.5, 0.6) is 0 Å². The van der Waals surface area contributed by atoms with Crippen molar-refractivity contribution in [2.45, 2.75) is 43.9 Å². The van der Waals surface area contributed by atoms with E-state index in [0.717, 1.165) is 5.56 Å². The Morgan fingerprint density at radius 2 is 1.65 bits per heavy atom. The Morgan fingerprint density at radius 1 is 1.03 bits per heavy atom. The van der Waals surface area contributed by atoms with Crippen molar-refractivity contribution in [2.75, 3.05) is 17.8 Å². The lowest BCUT2D eigenvalue weighted by Gasteiger charge is -2.22. The SMILES string of the molecule is CSCCC(NC(=O)C(C)NC(=O)C(CS)NC(=O)C(N)Cc1ccccc1)C(=O)O. The molecule has 11 heteroatoms. The van der Waals surface area contributed by atoms with Gasteiger partial charge >= 0.3 is 5.97 Å². The third-order valence-corrected chi connectivity index (χ3v) is 5.44. The van der Waals surface area contributed by atoms with Crippen molar-refractivity contribution in [3.63, 3.8) is 0 Å². The molecule has 31 heavy (non-hydrogen) atoms. The smallest absolute Gasteiger partial charge is 0.326 e. The van der Waals surface area contributed by atoms with E-state index in [1.807, 2.05) is 36.6 Å². The number of carboxylic acid groups (broad SMARTS) is 1. The molecule has 3 amide bonds. The minimum Gasteiger partial charge on any atom is -0.480 e. The van der Waals surface area contributed by atoms with Crippen LogP contribution in [0.4, 0.5) is 0 Å². The highest BCUT2D eigenvalue weighted by Gasteiger charge is 2.27. The first kappa shape index (κ1) is 26.8. The van der Waals surface area contributed by atoms with Crippen molar-refractivity contribution < 1.29 is 24.3 Å². The summed E-state index contributed by atoms with van der Waals surface area (Å²) in [5.74, 6) is -2.35. The molecule has 0 radical (unpaired) electrons. The maximum Gasteiger partial charge on any atom is 0.326 e. The fourth-order valence-electron chi connectivity index (χ4n) is 2.60. The van der Waals surface area contributed by atoms with E-state index in [-0.39, 0.29) is 12.2 Å². The van der Waals surface area contributed by atoms with Gasteiger partial charge in [-0.05, 0) is 37.3 Å². The number of hydrogen-bond acceptors (Lipinski definition) is 7. The van der Waals surface area contributed by atoms with E-state index in [1.54, 1.807) is 0 Å². The van der Waals surface area contributed by atoms with Crippen molar-refractivity contribution in [1.29, 1.82) is 0 Å². The lowest BCUT2D eigenvalue weighted by atomic mass is 10.1. The van der Waals surface area contributed by atoms with Crippen molar-refractivity contribution in [3.05, 3.63) is 35.9 Å². The third kappa shape index (κ3) is 9.62. The van der Waals surface area contributed by atoms with Gasteiger partial charge in [0.05, 0.1) is 6.04 Å². The predicted molar refractivity (Wildman–Crippen MR) is 124 cm³/mol. The fraction of sp³-hybridized carbons (Fsp3) is 0.500. The lowest BCUT2D eigenvalue weighted by molar-refractivity contribution is -0.142. The van der Waals surface area contributed by atoms with E-state index in [4.69, 9.17) is 5.73 Å². The molecule has 0 fully saturated rings. The molecule has 1 rings (SSSR count). The molecular formula is C20H30N4O5S2. The number of thiol groups is 1. The van der Waals surface area contributed by atoms with Crippen LogP contribution in [-0.2, 0) is 25.6 Å². The van der Waals surface area contributed by atoms with E-state index >= 15 is 0 Å². The van der Waals surface area contributed by atoms with Gasteiger partial charge < -0.3 is 26.8 Å². The van der Waals surface area contributed by atoms with Crippen LogP contribution in [-0.4, -0.2) is 70.7 Å². The first-order chi connectivity index (χ1) is 14.7. The second-order valence-electron chi connectivity index (χ2n) is 6.95. The number of aliphatic carboxylic acids is 1. The van der Waals surface area contributed by atoms with Crippen LogP contribution in [0.15, 0.2) is 30.3 Å². The largest absolute Gasteiger partial charge is 0.480 e. The molecule has 1 aromatic rings. The number of carbonyl (C=O) groups is 4. The first-order valence-electron chi connectivity index (χ1n) is 9.72. The predicted octanol–water partition coefficient (Wildman–Crippen LogP) is -0.202. The average molecular weight is 471 g/mol. The molecule has 0 aliphatic heterocycles. The highest BCUT2D eigenvalue weighted by molar-refractivity contribution is 7.98. The number of nitrogens with two attached hydrogens (primary N) is 1. The fourth-order valence-corrected chi connectivity index (χ4v) is 3.33. The molecule has 1 aromatic carbocycles. The zero-order chi connectivity index (χ0) is 23.4. The molecule has 4 atom stereocenters. The maximum absolute atomic E-state index is 12.5. The van der Waals surface area contributed by atoms with E-state index < -0.39 is 47.9 Å². The Bertz CT molecular complexity index is 750. The third-order valence-electron chi connectivity index (χ3n) is 4.43. The maximum atomic E-state index is 12.5. The molecule has 0 aliphatic rings. The summed E-state index contributed by atoms with van der Waals surface area (Å²) in [7, 11) is 0. The highest BCUT2D eigenvalue weighted by Crippen LogP contribution is 2.04. The average Bonchev–Trinajstić information content (AvgIpc) is 2.74. The van der Waals surface area contributed by atoms with Crippen molar-refractivity contribution >= 4 is 48.1 Å². The molecule has 4 unspecified atom stereocenters. The molecule has 0 spiro atoms. The summed E-state index contributed by atoms with van der Waals surface area (Å²) in [6, 6.07) is 5.33. The van der Waals surface area contributed by atoms with Crippen LogP contribution in [0.2, 0.25) is 0 Å². The standard InChI is InChI=1S/C20H30N4O5S2/c1-12(17(25)23-15(20(28)29)8-9-31-2)22-19(27)16(11-30)24-18(26)14(21)10-13-6-4-3-5-7-13/h3-7,12,14-16,30H,8-11,21H2,1-2H3,(H,22,27)(H,23,25)(H,24,26)(H,28,29). The van der Waals surface area contributed by atoms with Gasteiger partial charge in [-0.15, -0.1) is 0 Å². The Labute approximate surface area is 191 Å². The van der Waals surface area contributed by atoms with Gasteiger partial charge in [0.25, 0.3) is 0 Å². The van der Waals surface area contributed by atoms with Gasteiger partial charge in [-0.25, -0.2) is 4.79 Å². The van der Waals surface area contributed by atoms with Gasteiger partial charge in [0.1, 0.15) is 18.1 Å². The van der Waals surface area contributed by atoms with Crippen LogP contribution in [0.1, 0.15) is 18.9 Å². The summed E-state index contributed by atoms with van der Waals surface area (Å²) < 4.78 is 0. The van der Waals surface area contributed by atoms with Crippen LogP contribution in [0.25, 0.3) is 0 Å². The van der Waals surface area contributed by atoms with Crippen LogP contribution < -0.4 is 21.7 Å². The van der Waals surface area contributed by atoms with Gasteiger partial charge in [-0.3, -0.25) is 14.4 Å². The van der Waals surface area contributed by atoms with Gasteiger partial charge in [0, 0.05) is 5.75 Å². The molecule has 172 valence electrons. The summed E-state index contributed by atoms with van der Waals surface area (Å²) in [6.45, 7) is 1.43. The molecular weight excluding hydrogens is 440 g/mol. The number of nitrogens with one attached hydrogen (secondary N) is 3. The molecule has 9 nitrogen and oxygen atoms in total. The Morgan fingerprint density at radius 3 is 2.19 bits per heavy atom. The molecule has 0 saturated carbocycles. The molecule has 6 N–H and O–H groups in total. The summed E-state index contributed by atoms with van der Waals surface area (Å²) >= 11 is 5.56. The Kier molecular flexibility index (Phi) is 12.1. The zero-order valence-corrected chi connectivity index (χ0v) is 19.2. The van der Waals surface area contributed by atoms with Crippen LogP contribution >= 0.6 is 24.4 Å². The monoisotopic (exact) mass is 470 g/mol. The molecule has 0 bridgehead atoms. The Hall–Kier alpha value is -2.24. The number of carboxylic acids is 1. The number of amides is 3. The molecule has 0 heterocycles. The Balaban J connectivity index is 2.60. The van der Waals surface area contributed by atoms with Gasteiger partial charge in [-0.2, -0.15) is 24.4 Å². The van der Waals surface area contributed by atoms with Crippen molar-refractivity contribution in [1.82, 2.24) is 16.0 Å². The first-order valence-corrected chi connectivity index (χ1v) is 11.7. The minimum absolute atomic E-state index is 0.00452. The number of hydrogen-bond donors (Lipinski definition) is 6. The molecule has 0 saturated heterocycles. The van der Waals surface area contributed by atoms with E-state index in [2.05, 4.69) is 28.6 Å².